The quantitative estimate of drug-likeness (QED) is 0.356. The Bertz CT molecular complexity index is 1050. The number of carbonyl (C=O) groups is 1. The number of carbonyl (C=O) groups excluding carboxylic acids is 1. The minimum atomic E-state index is -3.59. The molecule has 0 radical (unpaired) electrons. The third-order valence-corrected chi connectivity index (χ3v) is 4.52. The number of nitrogens with zero attached hydrogens (tertiary/aromatic N) is 1. The third kappa shape index (κ3) is 8.30. The summed E-state index contributed by atoms with van der Waals surface area (Å²) in [6.07, 6.45) is 3.73. The van der Waals surface area contributed by atoms with Gasteiger partial charge in [-0.05, 0) is 35.9 Å². The van der Waals surface area contributed by atoms with Gasteiger partial charge in [0, 0.05) is 31.8 Å². The van der Waals surface area contributed by atoms with Crippen molar-refractivity contribution in [2.24, 2.45) is 0 Å². The highest BCUT2D eigenvalue weighted by molar-refractivity contribution is 7.92. The Hall–Kier alpha value is -3.05. The molecule has 0 spiro atoms. The van der Waals surface area contributed by atoms with Gasteiger partial charge in [0.1, 0.15) is 18.3 Å². The first-order chi connectivity index (χ1) is 14.7. The number of rotatable bonds is 11. The van der Waals surface area contributed by atoms with Gasteiger partial charge in [-0.15, -0.1) is 0 Å². The van der Waals surface area contributed by atoms with Gasteiger partial charge in [-0.3, -0.25) is 9.52 Å². The molecule has 1 heterocycles. The van der Waals surface area contributed by atoms with Crippen LogP contribution >= 0.6 is 0 Å². The van der Waals surface area contributed by atoms with Crippen molar-refractivity contribution in [2.45, 2.75) is 13.2 Å². The Morgan fingerprint density at radius 3 is 2.68 bits per heavy atom. The Morgan fingerprint density at radius 2 is 2.03 bits per heavy atom. The van der Waals surface area contributed by atoms with E-state index in [4.69, 9.17) is 4.74 Å². The Kier molecular flexibility index (Phi) is 8.88. The average Bonchev–Trinajstić information content (AvgIpc) is 2.72. The maximum absolute atomic E-state index is 14.0. The van der Waals surface area contributed by atoms with Crippen molar-refractivity contribution < 1.29 is 26.7 Å². The molecule has 2 rings (SSSR count). The van der Waals surface area contributed by atoms with Crippen LogP contribution in [0.2, 0.25) is 0 Å². The number of nitrogens with one attached hydrogen (secondary N) is 3. The molecule has 0 aliphatic heterocycles. The summed E-state index contributed by atoms with van der Waals surface area (Å²) >= 11 is 0. The number of ether oxygens (including phenoxy) is 1. The zero-order valence-electron chi connectivity index (χ0n) is 17.1. The molecule has 31 heavy (non-hydrogen) atoms. The molecule has 8 nitrogen and oxygen atoms in total. The number of anilines is 2. The number of hydrogen-bond acceptors (Lipinski definition) is 6. The molecule has 2 aromatic rings. The summed E-state index contributed by atoms with van der Waals surface area (Å²) in [4.78, 5) is 16.3. The van der Waals surface area contributed by atoms with E-state index in [0.29, 0.717) is 30.1 Å². The third-order valence-electron chi connectivity index (χ3n) is 3.93. The maximum atomic E-state index is 14.0. The zero-order valence-corrected chi connectivity index (χ0v) is 17.9. The van der Waals surface area contributed by atoms with E-state index in [1.807, 2.05) is 0 Å². The Balaban J connectivity index is 2.00. The van der Waals surface area contributed by atoms with Gasteiger partial charge in [0.15, 0.2) is 0 Å². The lowest BCUT2D eigenvalue weighted by Gasteiger charge is -2.10. The molecule has 0 aliphatic rings. The zero-order chi connectivity index (χ0) is 22.9. The van der Waals surface area contributed by atoms with Gasteiger partial charge >= 0.3 is 0 Å². The minimum Gasteiger partial charge on any atom is -0.383 e. The Labute approximate surface area is 179 Å². The second-order valence-electron chi connectivity index (χ2n) is 6.53. The predicted molar refractivity (Wildman–Crippen MR) is 115 cm³/mol. The van der Waals surface area contributed by atoms with Crippen LogP contribution in [0.5, 0.6) is 0 Å². The van der Waals surface area contributed by atoms with Crippen LogP contribution in [0, 0.1) is 5.82 Å². The molecule has 1 aromatic carbocycles. The predicted octanol–water partition coefficient (Wildman–Crippen LogP) is 2.45. The fourth-order valence-corrected chi connectivity index (χ4v) is 3.06. The van der Waals surface area contributed by atoms with Crippen molar-refractivity contribution in [1.29, 1.82) is 0 Å². The molecule has 1 amide bonds. The molecule has 0 atom stereocenters. The summed E-state index contributed by atoms with van der Waals surface area (Å²) < 4.78 is 56.3. The first-order valence-corrected chi connectivity index (χ1v) is 11.1. The van der Waals surface area contributed by atoms with Crippen LogP contribution in [0.3, 0.4) is 0 Å². The van der Waals surface area contributed by atoms with E-state index in [1.165, 1.54) is 30.4 Å². The standard InChI is InChI=1S/C20H24F2N4O4S/c1-30-10-9-23-20-15(4-6-16(12-21)25-20)5-8-19(27)24-13-14-3-7-18(17(22)11-14)26-31(2,28)29/h3-8,11,26H,9-10,12-13H2,1-2H3,(H,23,25)(H,24,27)/b8-5+. The van der Waals surface area contributed by atoms with Gasteiger partial charge < -0.3 is 15.4 Å². The fourth-order valence-electron chi connectivity index (χ4n) is 2.50. The van der Waals surface area contributed by atoms with Crippen LogP contribution < -0.4 is 15.4 Å². The van der Waals surface area contributed by atoms with Crippen molar-refractivity contribution in [3.05, 3.63) is 59.0 Å². The van der Waals surface area contributed by atoms with Gasteiger partial charge in [0.25, 0.3) is 0 Å². The van der Waals surface area contributed by atoms with E-state index in [1.54, 1.807) is 13.2 Å². The molecule has 0 unspecified atom stereocenters. The van der Waals surface area contributed by atoms with Gasteiger partial charge in [0.05, 0.1) is 24.2 Å². The van der Waals surface area contributed by atoms with E-state index in [2.05, 4.69) is 20.3 Å². The minimum absolute atomic E-state index is 0.0389. The molecule has 0 aliphatic carbocycles. The van der Waals surface area contributed by atoms with Crippen LogP contribution in [0.1, 0.15) is 16.8 Å². The van der Waals surface area contributed by atoms with Crippen LogP contribution in [0.4, 0.5) is 20.3 Å². The van der Waals surface area contributed by atoms with Crippen LogP contribution in [0.25, 0.3) is 6.08 Å². The second-order valence-corrected chi connectivity index (χ2v) is 8.28. The molecule has 3 N–H and O–H groups in total. The molecule has 0 fully saturated rings. The first-order valence-electron chi connectivity index (χ1n) is 9.22. The molecule has 168 valence electrons. The topological polar surface area (TPSA) is 109 Å². The van der Waals surface area contributed by atoms with Crippen molar-refractivity contribution in [3.63, 3.8) is 0 Å². The van der Waals surface area contributed by atoms with Crippen molar-refractivity contribution >= 4 is 33.5 Å². The Morgan fingerprint density at radius 1 is 1.26 bits per heavy atom. The van der Waals surface area contributed by atoms with E-state index >= 15 is 0 Å². The molecule has 11 heteroatoms. The smallest absolute Gasteiger partial charge is 0.244 e. The normalized spacial score (nSPS) is 11.5. The number of halogens is 2. The summed E-state index contributed by atoms with van der Waals surface area (Å²) in [6, 6.07) is 7.08. The number of aromatic nitrogens is 1. The van der Waals surface area contributed by atoms with Gasteiger partial charge in [0.2, 0.25) is 15.9 Å². The van der Waals surface area contributed by atoms with Crippen LogP contribution in [-0.4, -0.2) is 45.8 Å². The number of benzene rings is 1. The number of alkyl halides is 1. The summed E-state index contributed by atoms with van der Waals surface area (Å²) in [6.45, 7) is 0.220. The largest absolute Gasteiger partial charge is 0.383 e. The van der Waals surface area contributed by atoms with Gasteiger partial charge in [-0.25, -0.2) is 22.2 Å². The van der Waals surface area contributed by atoms with E-state index in [0.717, 1.165) is 12.3 Å². The highest BCUT2D eigenvalue weighted by Gasteiger charge is 2.09. The van der Waals surface area contributed by atoms with Crippen molar-refractivity contribution in [2.75, 3.05) is 36.6 Å². The number of sulfonamides is 1. The lowest BCUT2D eigenvalue weighted by atomic mass is 10.2. The first kappa shape index (κ1) is 24.2. The van der Waals surface area contributed by atoms with Crippen LogP contribution in [0.15, 0.2) is 36.4 Å². The molecular weight excluding hydrogens is 430 g/mol. The molecule has 1 aromatic heterocycles. The van der Waals surface area contributed by atoms with E-state index in [9.17, 15) is 22.0 Å². The van der Waals surface area contributed by atoms with E-state index < -0.39 is 28.4 Å². The molecule has 0 saturated carbocycles. The van der Waals surface area contributed by atoms with Crippen molar-refractivity contribution in [1.82, 2.24) is 10.3 Å². The molecular formula is C20H24F2N4O4S. The highest BCUT2D eigenvalue weighted by Crippen LogP contribution is 2.18. The van der Waals surface area contributed by atoms with Crippen LogP contribution in [-0.2, 0) is 32.8 Å². The van der Waals surface area contributed by atoms with E-state index in [-0.39, 0.29) is 17.9 Å². The van der Waals surface area contributed by atoms with Gasteiger partial charge in [-0.1, -0.05) is 6.07 Å². The average molecular weight is 454 g/mol. The number of amides is 1. The summed E-state index contributed by atoms with van der Waals surface area (Å²) in [7, 11) is -2.04. The maximum Gasteiger partial charge on any atom is 0.244 e. The lowest BCUT2D eigenvalue weighted by molar-refractivity contribution is -0.116. The number of methoxy groups -OCH3 is 1. The SMILES string of the molecule is COCCNc1nc(CF)ccc1/C=C/C(=O)NCc1ccc(NS(C)(=O)=O)c(F)c1. The summed E-state index contributed by atoms with van der Waals surface area (Å²) in [5.74, 6) is -0.762. The highest BCUT2D eigenvalue weighted by atomic mass is 32.2. The number of pyridine rings is 1. The number of hydrogen-bond donors (Lipinski definition) is 3. The lowest BCUT2D eigenvalue weighted by Crippen LogP contribution is -2.20. The molecule has 0 bridgehead atoms. The monoisotopic (exact) mass is 454 g/mol. The summed E-state index contributed by atoms with van der Waals surface area (Å²) in [5.41, 5.74) is 1.13. The van der Waals surface area contributed by atoms with Gasteiger partial charge in [-0.2, -0.15) is 0 Å². The fraction of sp³-hybridized carbons (Fsp3) is 0.300. The van der Waals surface area contributed by atoms with Crippen molar-refractivity contribution in [3.8, 4) is 0 Å². The summed E-state index contributed by atoms with van der Waals surface area (Å²) in [5, 5.41) is 5.63. The second kappa shape index (κ2) is 11.4. The molecule has 0 saturated heterocycles.